The minimum Gasteiger partial charge on any atom is -0.357 e. The summed E-state index contributed by atoms with van der Waals surface area (Å²) in [5, 5.41) is 19.2. The molecule has 0 aliphatic carbocycles. The van der Waals surface area contributed by atoms with Gasteiger partial charge in [0.25, 0.3) is 0 Å². The highest BCUT2D eigenvalue weighted by atomic mass is 127. The van der Waals surface area contributed by atoms with Gasteiger partial charge in [-0.3, -0.25) is 9.08 Å². The van der Waals surface area contributed by atoms with Crippen molar-refractivity contribution in [3.05, 3.63) is 48.2 Å². The van der Waals surface area contributed by atoms with Crippen molar-refractivity contribution in [2.75, 3.05) is 13.1 Å². The highest BCUT2D eigenvalue weighted by molar-refractivity contribution is 14.0. The Balaban J connectivity index is 0.00000243. The Hall–Kier alpha value is -2.17. The molecule has 0 aliphatic heterocycles. The molecule has 0 saturated heterocycles. The molecule has 3 rings (SSSR count). The predicted molar refractivity (Wildman–Crippen MR) is 113 cm³/mol. The Morgan fingerprint density at radius 1 is 1.23 bits per heavy atom. The maximum Gasteiger partial charge on any atom is 0.191 e. The molecule has 0 bridgehead atoms. The first-order valence-electron chi connectivity index (χ1n) is 8.56. The number of nitrogens with one attached hydrogen (secondary N) is 2. The Morgan fingerprint density at radius 3 is 2.88 bits per heavy atom. The zero-order valence-electron chi connectivity index (χ0n) is 15.1. The minimum absolute atomic E-state index is 0. The molecule has 0 saturated carbocycles. The summed E-state index contributed by atoms with van der Waals surface area (Å²) in [6.45, 7) is 7.09. The lowest BCUT2D eigenvalue weighted by molar-refractivity contribution is 0.570. The Kier molecular flexibility index (Phi) is 7.82. The van der Waals surface area contributed by atoms with Crippen LogP contribution in [0.25, 0.3) is 5.65 Å². The molecule has 9 heteroatoms. The first-order valence-corrected chi connectivity index (χ1v) is 8.56. The first-order chi connectivity index (χ1) is 12.3. The van der Waals surface area contributed by atoms with Gasteiger partial charge < -0.3 is 10.6 Å². The van der Waals surface area contributed by atoms with Crippen LogP contribution < -0.4 is 10.6 Å². The number of hydrogen-bond donors (Lipinski definition) is 2. The molecule has 0 atom stereocenters. The van der Waals surface area contributed by atoms with Crippen LogP contribution in [0, 0.1) is 6.92 Å². The number of rotatable bonds is 7. The third-order valence-electron chi connectivity index (χ3n) is 3.73. The zero-order valence-corrected chi connectivity index (χ0v) is 17.4. The maximum absolute atomic E-state index is 4.60. The van der Waals surface area contributed by atoms with Crippen molar-refractivity contribution in [1.29, 1.82) is 0 Å². The van der Waals surface area contributed by atoms with Crippen LogP contribution in [-0.4, -0.2) is 43.4 Å². The van der Waals surface area contributed by atoms with Gasteiger partial charge in [0.1, 0.15) is 6.54 Å². The maximum atomic E-state index is 4.60. The van der Waals surface area contributed by atoms with Crippen LogP contribution in [0.5, 0.6) is 0 Å². The van der Waals surface area contributed by atoms with Crippen LogP contribution in [0.3, 0.4) is 0 Å². The standard InChI is InChI=1S/C17H24N8.HI/c1-3-18-17(19-8-6-9-24-13-14(2)11-21-24)20-12-16-23-22-15-7-4-5-10-25(15)16;/h4-5,7,10-11,13H,3,6,8-9,12H2,1-2H3,(H2,18,19,20);1H. The summed E-state index contributed by atoms with van der Waals surface area (Å²) in [5.41, 5.74) is 2.02. The molecule has 0 aliphatic rings. The van der Waals surface area contributed by atoms with Gasteiger partial charge in [-0.05, 0) is 38.0 Å². The number of aryl methyl sites for hydroxylation is 2. The van der Waals surface area contributed by atoms with Crippen LogP contribution in [-0.2, 0) is 13.1 Å². The SMILES string of the molecule is CCNC(=NCc1nnc2ccccn12)NCCCn1cc(C)cn1.I. The summed E-state index contributed by atoms with van der Waals surface area (Å²) >= 11 is 0. The molecule has 0 amide bonds. The molecule has 2 N–H and O–H groups in total. The fourth-order valence-electron chi connectivity index (χ4n) is 2.53. The molecule has 8 nitrogen and oxygen atoms in total. The van der Waals surface area contributed by atoms with E-state index >= 15 is 0 Å². The smallest absolute Gasteiger partial charge is 0.191 e. The van der Waals surface area contributed by atoms with Gasteiger partial charge >= 0.3 is 0 Å². The summed E-state index contributed by atoms with van der Waals surface area (Å²) in [4.78, 5) is 4.60. The van der Waals surface area contributed by atoms with Gasteiger partial charge in [-0.1, -0.05) is 6.07 Å². The van der Waals surface area contributed by atoms with Crippen molar-refractivity contribution < 1.29 is 0 Å². The monoisotopic (exact) mass is 468 g/mol. The van der Waals surface area contributed by atoms with E-state index in [0.717, 1.165) is 43.5 Å². The van der Waals surface area contributed by atoms with Crippen molar-refractivity contribution in [1.82, 2.24) is 35.0 Å². The lowest BCUT2D eigenvalue weighted by Crippen LogP contribution is -2.38. The summed E-state index contributed by atoms with van der Waals surface area (Å²) in [6, 6.07) is 5.84. The van der Waals surface area contributed by atoms with Gasteiger partial charge in [0.15, 0.2) is 17.4 Å². The molecule has 3 aromatic rings. The summed E-state index contributed by atoms with van der Waals surface area (Å²) in [7, 11) is 0. The van der Waals surface area contributed by atoms with Crippen LogP contribution >= 0.6 is 24.0 Å². The van der Waals surface area contributed by atoms with Crippen molar-refractivity contribution >= 4 is 35.6 Å². The Bertz CT molecular complexity index is 838. The molecule has 3 heterocycles. The summed E-state index contributed by atoms with van der Waals surface area (Å²) in [6.07, 6.45) is 6.85. The number of aliphatic imine (C=N–C) groups is 1. The number of hydrogen-bond acceptors (Lipinski definition) is 4. The molecular formula is C17H25IN8. The van der Waals surface area contributed by atoms with E-state index in [1.807, 2.05) is 46.6 Å². The average molecular weight is 468 g/mol. The normalized spacial score (nSPS) is 11.4. The molecule has 0 radical (unpaired) electrons. The van der Waals surface area contributed by atoms with Gasteiger partial charge in [-0.2, -0.15) is 5.10 Å². The van der Waals surface area contributed by atoms with Crippen molar-refractivity contribution in [2.45, 2.75) is 33.4 Å². The van der Waals surface area contributed by atoms with Crippen molar-refractivity contribution in [3.63, 3.8) is 0 Å². The zero-order chi connectivity index (χ0) is 17.5. The molecule has 0 spiro atoms. The lowest BCUT2D eigenvalue weighted by atomic mass is 10.4. The Morgan fingerprint density at radius 2 is 2.12 bits per heavy atom. The lowest BCUT2D eigenvalue weighted by Gasteiger charge is -2.11. The van der Waals surface area contributed by atoms with Gasteiger partial charge in [0, 0.05) is 32.0 Å². The molecular weight excluding hydrogens is 443 g/mol. The number of halogens is 1. The van der Waals surface area contributed by atoms with E-state index in [2.05, 4.69) is 44.0 Å². The van der Waals surface area contributed by atoms with Crippen molar-refractivity contribution in [2.24, 2.45) is 4.99 Å². The number of aromatic nitrogens is 5. The van der Waals surface area contributed by atoms with E-state index in [0.29, 0.717) is 6.54 Å². The number of guanidine groups is 1. The van der Waals surface area contributed by atoms with E-state index < -0.39 is 0 Å². The van der Waals surface area contributed by atoms with Crippen LogP contribution in [0.2, 0.25) is 0 Å². The number of pyridine rings is 1. The Labute approximate surface area is 170 Å². The molecule has 3 aromatic heterocycles. The highest BCUT2D eigenvalue weighted by Crippen LogP contribution is 2.03. The van der Waals surface area contributed by atoms with Crippen LogP contribution in [0.4, 0.5) is 0 Å². The molecule has 26 heavy (non-hydrogen) atoms. The second-order valence-electron chi connectivity index (χ2n) is 5.80. The minimum atomic E-state index is 0. The van der Waals surface area contributed by atoms with E-state index in [9.17, 15) is 0 Å². The molecule has 0 aromatic carbocycles. The fraction of sp³-hybridized carbons (Fsp3) is 0.412. The van der Waals surface area contributed by atoms with Crippen LogP contribution in [0.15, 0.2) is 41.8 Å². The third-order valence-corrected chi connectivity index (χ3v) is 3.73. The molecule has 140 valence electrons. The number of nitrogens with zero attached hydrogens (tertiary/aromatic N) is 6. The van der Waals surface area contributed by atoms with Gasteiger partial charge in [0.2, 0.25) is 0 Å². The van der Waals surface area contributed by atoms with E-state index in [1.54, 1.807) is 0 Å². The second-order valence-corrected chi connectivity index (χ2v) is 5.80. The second kappa shape index (κ2) is 10.1. The van der Waals surface area contributed by atoms with E-state index in [4.69, 9.17) is 0 Å². The average Bonchev–Trinajstić information content (AvgIpc) is 3.22. The van der Waals surface area contributed by atoms with Crippen LogP contribution in [0.1, 0.15) is 24.7 Å². The largest absolute Gasteiger partial charge is 0.357 e. The fourth-order valence-corrected chi connectivity index (χ4v) is 2.53. The quantitative estimate of drug-likeness (QED) is 0.240. The van der Waals surface area contributed by atoms with Gasteiger partial charge in [-0.25, -0.2) is 4.99 Å². The molecule has 0 fully saturated rings. The topological polar surface area (TPSA) is 84.4 Å². The highest BCUT2D eigenvalue weighted by Gasteiger charge is 2.04. The third kappa shape index (κ3) is 5.41. The number of fused-ring (bicyclic) bond motifs is 1. The first kappa shape index (κ1) is 20.1. The van der Waals surface area contributed by atoms with Gasteiger partial charge in [0.05, 0.1) is 6.20 Å². The summed E-state index contributed by atoms with van der Waals surface area (Å²) < 4.78 is 3.91. The summed E-state index contributed by atoms with van der Waals surface area (Å²) in [5.74, 6) is 1.60. The van der Waals surface area contributed by atoms with Gasteiger partial charge in [-0.15, -0.1) is 34.2 Å². The molecule has 0 unspecified atom stereocenters. The predicted octanol–water partition coefficient (Wildman–Crippen LogP) is 2.00. The van der Waals surface area contributed by atoms with E-state index in [1.165, 1.54) is 5.56 Å². The van der Waals surface area contributed by atoms with E-state index in [-0.39, 0.29) is 24.0 Å². The van der Waals surface area contributed by atoms with Crippen molar-refractivity contribution in [3.8, 4) is 0 Å².